The van der Waals surface area contributed by atoms with Crippen LogP contribution in [0, 0.1) is 0 Å². The third kappa shape index (κ3) is 4.65. The van der Waals surface area contributed by atoms with E-state index in [1.807, 2.05) is 78.9 Å². The first kappa shape index (κ1) is 22.2. The number of carbonyl (C=O) groups is 1. The standard InChI is InChI=1S/C27H23N7OS/c35-25(18-36-27-31-30-26(33(27)21-13-14-21)20-10-7-15-28-17-20)29-24-16-23(19-8-3-1-4-9-19)32-34(24)22-11-5-2-6-12-22/h1-12,15-17,21H,13-14,18H2,(H,29,35). The summed E-state index contributed by atoms with van der Waals surface area (Å²) in [5, 5.41) is 17.4. The van der Waals surface area contributed by atoms with Crippen LogP contribution in [0.1, 0.15) is 18.9 Å². The molecule has 0 saturated heterocycles. The number of aromatic nitrogens is 6. The van der Waals surface area contributed by atoms with E-state index >= 15 is 0 Å². The molecule has 1 aliphatic carbocycles. The van der Waals surface area contributed by atoms with Gasteiger partial charge in [0.15, 0.2) is 11.0 Å². The van der Waals surface area contributed by atoms with Gasteiger partial charge in [-0.05, 0) is 37.1 Å². The molecule has 1 fully saturated rings. The Labute approximate surface area is 212 Å². The van der Waals surface area contributed by atoms with E-state index in [-0.39, 0.29) is 11.7 Å². The number of hydrogen-bond donors (Lipinski definition) is 1. The highest BCUT2D eigenvalue weighted by Gasteiger charge is 2.30. The van der Waals surface area contributed by atoms with Gasteiger partial charge in [-0.2, -0.15) is 5.10 Å². The summed E-state index contributed by atoms with van der Waals surface area (Å²) in [6, 6.07) is 25.8. The van der Waals surface area contributed by atoms with E-state index in [9.17, 15) is 4.79 Å². The highest BCUT2D eigenvalue weighted by molar-refractivity contribution is 7.99. The Balaban J connectivity index is 1.22. The fraction of sp³-hybridized carbons (Fsp3) is 0.148. The average Bonchev–Trinajstić information content (AvgIpc) is 3.54. The number of para-hydroxylation sites is 1. The van der Waals surface area contributed by atoms with Gasteiger partial charge in [-0.1, -0.05) is 60.3 Å². The van der Waals surface area contributed by atoms with Crippen LogP contribution in [0.4, 0.5) is 5.82 Å². The molecular weight excluding hydrogens is 470 g/mol. The molecule has 36 heavy (non-hydrogen) atoms. The van der Waals surface area contributed by atoms with E-state index in [1.54, 1.807) is 17.1 Å². The van der Waals surface area contributed by atoms with Crippen LogP contribution in [0.2, 0.25) is 0 Å². The fourth-order valence-corrected chi connectivity index (χ4v) is 4.83. The molecule has 9 heteroatoms. The van der Waals surface area contributed by atoms with E-state index < -0.39 is 0 Å². The smallest absolute Gasteiger partial charge is 0.236 e. The van der Waals surface area contributed by atoms with Gasteiger partial charge in [0.1, 0.15) is 5.82 Å². The van der Waals surface area contributed by atoms with Crippen molar-refractivity contribution in [2.24, 2.45) is 0 Å². The zero-order valence-corrected chi connectivity index (χ0v) is 20.2. The lowest BCUT2D eigenvalue weighted by molar-refractivity contribution is -0.113. The molecule has 8 nitrogen and oxygen atoms in total. The van der Waals surface area contributed by atoms with E-state index in [4.69, 9.17) is 5.10 Å². The van der Waals surface area contributed by atoms with Crippen molar-refractivity contribution in [3.8, 4) is 28.3 Å². The van der Waals surface area contributed by atoms with Crippen molar-refractivity contribution < 1.29 is 4.79 Å². The van der Waals surface area contributed by atoms with Crippen molar-refractivity contribution in [3.63, 3.8) is 0 Å². The summed E-state index contributed by atoms with van der Waals surface area (Å²) in [6.45, 7) is 0. The van der Waals surface area contributed by atoms with E-state index in [2.05, 4.69) is 25.1 Å². The molecule has 6 rings (SSSR count). The first-order chi connectivity index (χ1) is 17.8. The number of rotatable bonds is 8. The van der Waals surface area contributed by atoms with Crippen LogP contribution in [-0.4, -0.2) is 41.2 Å². The zero-order valence-electron chi connectivity index (χ0n) is 19.4. The van der Waals surface area contributed by atoms with Crippen molar-refractivity contribution in [3.05, 3.63) is 91.3 Å². The highest BCUT2D eigenvalue weighted by Crippen LogP contribution is 2.41. The van der Waals surface area contributed by atoms with Crippen molar-refractivity contribution >= 4 is 23.5 Å². The Morgan fingerprint density at radius 3 is 2.42 bits per heavy atom. The maximum absolute atomic E-state index is 13.0. The van der Waals surface area contributed by atoms with Crippen LogP contribution in [0.5, 0.6) is 0 Å². The molecule has 1 saturated carbocycles. The topological polar surface area (TPSA) is 90.5 Å². The number of hydrogen-bond acceptors (Lipinski definition) is 6. The summed E-state index contributed by atoms with van der Waals surface area (Å²) >= 11 is 1.39. The number of amides is 1. The predicted octanol–water partition coefficient (Wildman–Crippen LogP) is 5.26. The number of anilines is 1. The molecule has 3 aromatic heterocycles. The number of benzene rings is 2. The monoisotopic (exact) mass is 493 g/mol. The number of nitrogens with zero attached hydrogens (tertiary/aromatic N) is 6. The number of carbonyl (C=O) groups excluding carboxylic acids is 1. The first-order valence-corrected chi connectivity index (χ1v) is 12.7. The Bertz CT molecular complexity index is 1480. The van der Waals surface area contributed by atoms with Crippen molar-refractivity contribution in [1.82, 2.24) is 29.5 Å². The molecule has 1 N–H and O–H groups in total. The van der Waals surface area contributed by atoms with E-state index in [1.165, 1.54) is 11.8 Å². The van der Waals surface area contributed by atoms with E-state index in [0.717, 1.165) is 46.3 Å². The minimum Gasteiger partial charge on any atom is -0.310 e. The van der Waals surface area contributed by atoms with Crippen molar-refractivity contribution in [2.75, 3.05) is 11.1 Å². The van der Waals surface area contributed by atoms with Crippen LogP contribution in [-0.2, 0) is 4.79 Å². The maximum Gasteiger partial charge on any atom is 0.236 e. The third-order valence-corrected chi connectivity index (χ3v) is 6.82. The Morgan fingerprint density at radius 2 is 1.69 bits per heavy atom. The number of pyridine rings is 1. The average molecular weight is 494 g/mol. The lowest BCUT2D eigenvalue weighted by atomic mass is 10.2. The van der Waals surface area contributed by atoms with Gasteiger partial charge >= 0.3 is 0 Å². The van der Waals surface area contributed by atoms with Gasteiger partial charge in [-0.25, -0.2) is 4.68 Å². The highest BCUT2D eigenvalue weighted by atomic mass is 32.2. The Hall–Kier alpha value is -4.24. The largest absolute Gasteiger partial charge is 0.310 e. The van der Waals surface area contributed by atoms with Crippen LogP contribution >= 0.6 is 11.8 Å². The second-order valence-electron chi connectivity index (χ2n) is 8.51. The van der Waals surface area contributed by atoms with Crippen molar-refractivity contribution in [2.45, 2.75) is 24.0 Å². The van der Waals surface area contributed by atoms with Gasteiger partial charge < -0.3 is 5.32 Å². The van der Waals surface area contributed by atoms with Crippen LogP contribution in [0.25, 0.3) is 28.3 Å². The normalized spacial score (nSPS) is 13.0. The SMILES string of the molecule is O=C(CSc1nnc(-c2cccnc2)n1C1CC1)Nc1cc(-c2ccccc2)nn1-c1ccccc1. The zero-order chi connectivity index (χ0) is 24.3. The number of nitrogens with one attached hydrogen (secondary N) is 1. The molecule has 1 aliphatic rings. The Morgan fingerprint density at radius 1 is 0.944 bits per heavy atom. The molecule has 5 aromatic rings. The third-order valence-electron chi connectivity index (χ3n) is 5.88. The van der Waals surface area contributed by atoms with E-state index in [0.29, 0.717) is 11.9 Å². The van der Waals surface area contributed by atoms with Gasteiger partial charge in [-0.15, -0.1) is 10.2 Å². The second-order valence-corrected chi connectivity index (χ2v) is 9.46. The molecule has 178 valence electrons. The van der Waals surface area contributed by atoms with Crippen LogP contribution in [0.15, 0.2) is 96.4 Å². The summed E-state index contributed by atoms with van der Waals surface area (Å²) in [5.74, 6) is 1.48. The van der Waals surface area contributed by atoms with Crippen LogP contribution in [0.3, 0.4) is 0 Å². The first-order valence-electron chi connectivity index (χ1n) is 11.7. The molecule has 0 radical (unpaired) electrons. The molecule has 0 aliphatic heterocycles. The molecule has 0 bridgehead atoms. The molecular formula is C27H23N7OS. The number of thioether (sulfide) groups is 1. The molecule has 0 spiro atoms. The van der Waals surface area contributed by atoms with Gasteiger partial charge in [-0.3, -0.25) is 14.3 Å². The summed E-state index contributed by atoms with van der Waals surface area (Å²) in [6.07, 6.45) is 5.71. The van der Waals surface area contributed by atoms with Gasteiger partial charge in [0.25, 0.3) is 0 Å². The lowest BCUT2D eigenvalue weighted by Crippen LogP contribution is -2.17. The summed E-state index contributed by atoms with van der Waals surface area (Å²) in [7, 11) is 0. The minimum absolute atomic E-state index is 0.134. The second kappa shape index (κ2) is 9.79. The lowest BCUT2D eigenvalue weighted by Gasteiger charge is -2.10. The predicted molar refractivity (Wildman–Crippen MR) is 140 cm³/mol. The van der Waals surface area contributed by atoms with Gasteiger partial charge in [0, 0.05) is 35.6 Å². The van der Waals surface area contributed by atoms with Crippen LogP contribution < -0.4 is 5.32 Å². The summed E-state index contributed by atoms with van der Waals surface area (Å²) < 4.78 is 3.90. The van der Waals surface area contributed by atoms with Gasteiger partial charge in [0.2, 0.25) is 5.91 Å². The molecule has 0 unspecified atom stereocenters. The molecule has 1 amide bonds. The molecule has 0 atom stereocenters. The fourth-order valence-electron chi connectivity index (χ4n) is 4.02. The van der Waals surface area contributed by atoms with Crippen molar-refractivity contribution in [1.29, 1.82) is 0 Å². The quantitative estimate of drug-likeness (QED) is 0.297. The minimum atomic E-state index is -0.134. The summed E-state index contributed by atoms with van der Waals surface area (Å²) in [5.41, 5.74) is 3.57. The maximum atomic E-state index is 13.0. The molecule has 3 heterocycles. The van der Waals surface area contributed by atoms with Gasteiger partial charge in [0.05, 0.1) is 17.1 Å². The Kier molecular flexibility index (Phi) is 6.05. The molecule has 2 aromatic carbocycles. The summed E-state index contributed by atoms with van der Waals surface area (Å²) in [4.78, 5) is 17.3.